The largest absolute Gasteiger partial charge is 0.372 e. The zero-order valence-electron chi connectivity index (χ0n) is 26.3. The van der Waals surface area contributed by atoms with Crippen LogP contribution in [-0.2, 0) is 0 Å². The van der Waals surface area contributed by atoms with Gasteiger partial charge in [0.05, 0.1) is 0 Å². The zero-order chi connectivity index (χ0) is 28.7. The summed E-state index contributed by atoms with van der Waals surface area (Å²) in [7, 11) is 0. The number of rotatable bonds is 18. The molecule has 218 valence electrons. The molecular weight excluding hydrogens is 486 g/mol. The standard InChI is InChI=1S/C37H55N3/c1-7-25-38(26-8-2)34-19-13-31(14-20-34)37(32-15-21-35(22-16-32)39(27-9-3)28-10-4)33-17-23-36(24-18-33)40(29-11-5)30-12-6/h13-24,37H,7-12,25-30H2,1-6H3. The molecule has 3 rings (SSSR count). The predicted octanol–water partition coefficient (Wildman–Crippen LogP) is 9.75. The molecule has 3 aromatic rings. The fourth-order valence-electron chi connectivity index (χ4n) is 5.94. The van der Waals surface area contributed by atoms with Crippen LogP contribution in [-0.4, -0.2) is 39.3 Å². The first-order valence-corrected chi connectivity index (χ1v) is 16.1. The molecule has 3 nitrogen and oxygen atoms in total. The Morgan fingerprint density at radius 2 is 0.550 bits per heavy atom. The Hall–Kier alpha value is -2.94. The van der Waals surface area contributed by atoms with E-state index in [0.29, 0.717) is 0 Å². The molecule has 0 radical (unpaired) electrons. The highest BCUT2D eigenvalue weighted by molar-refractivity contribution is 5.56. The Kier molecular flexibility index (Phi) is 13.4. The van der Waals surface area contributed by atoms with E-state index in [1.807, 2.05) is 0 Å². The van der Waals surface area contributed by atoms with Crippen molar-refractivity contribution >= 4 is 17.1 Å². The first-order chi connectivity index (χ1) is 19.6. The van der Waals surface area contributed by atoms with Gasteiger partial charge in [0.15, 0.2) is 0 Å². The van der Waals surface area contributed by atoms with Gasteiger partial charge in [-0.1, -0.05) is 77.9 Å². The van der Waals surface area contributed by atoms with Crippen molar-refractivity contribution in [3.8, 4) is 0 Å². The van der Waals surface area contributed by atoms with Crippen LogP contribution in [0, 0.1) is 0 Å². The maximum absolute atomic E-state index is 2.52. The summed E-state index contributed by atoms with van der Waals surface area (Å²) < 4.78 is 0. The molecule has 0 spiro atoms. The molecule has 0 aliphatic heterocycles. The van der Waals surface area contributed by atoms with Crippen molar-refractivity contribution in [2.75, 3.05) is 54.0 Å². The van der Waals surface area contributed by atoms with E-state index in [9.17, 15) is 0 Å². The molecule has 3 aromatic carbocycles. The van der Waals surface area contributed by atoms with Crippen LogP contribution < -0.4 is 14.7 Å². The maximum Gasteiger partial charge on any atom is 0.0366 e. The smallest absolute Gasteiger partial charge is 0.0366 e. The first kappa shape index (κ1) is 31.6. The fraction of sp³-hybridized carbons (Fsp3) is 0.514. The molecule has 3 heteroatoms. The minimum absolute atomic E-state index is 0.208. The van der Waals surface area contributed by atoms with Gasteiger partial charge >= 0.3 is 0 Å². The van der Waals surface area contributed by atoms with Crippen LogP contribution in [0.4, 0.5) is 17.1 Å². The van der Waals surface area contributed by atoms with Crippen molar-refractivity contribution < 1.29 is 0 Å². The molecule has 0 saturated heterocycles. The van der Waals surface area contributed by atoms with E-state index in [4.69, 9.17) is 0 Å². The Labute approximate surface area is 246 Å². The molecule has 0 unspecified atom stereocenters. The van der Waals surface area contributed by atoms with Crippen molar-refractivity contribution in [2.24, 2.45) is 0 Å². The van der Waals surface area contributed by atoms with Crippen LogP contribution >= 0.6 is 0 Å². The fourth-order valence-corrected chi connectivity index (χ4v) is 5.94. The lowest BCUT2D eigenvalue weighted by Gasteiger charge is -2.27. The summed E-state index contributed by atoms with van der Waals surface area (Å²) >= 11 is 0. The summed E-state index contributed by atoms with van der Waals surface area (Å²) in [5.74, 6) is 0.208. The SMILES string of the molecule is CCCN(CCC)c1ccc(C(c2ccc(N(CCC)CCC)cc2)c2ccc(N(CCC)CCC)cc2)cc1. The van der Waals surface area contributed by atoms with Crippen molar-refractivity contribution in [1.29, 1.82) is 0 Å². The summed E-state index contributed by atoms with van der Waals surface area (Å²) in [4.78, 5) is 7.57. The lowest BCUT2D eigenvalue weighted by Crippen LogP contribution is -2.25. The zero-order valence-corrected chi connectivity index (χ0v) is 26.3. The predicted molar refractivity (Wildman–Crippen MR) is 179 cm³/mol. The number of anilines is 3. The molecule has 0 amide bonds. The average molecular weight is 542 g/mol. The summed E-state index contributed by atoms with van der Waals surface area (Å²) in [5, 5.41) is 0. The van der Waals surface area contributed by atoms with Crippen LogP contribution in [0.1, 0.15) is 103 Å². The lowest BCUT2D eigenvalue weighted by molar-refractivity contribution is 0.744. The van der Waals surface area contributed by atoms with Gasteiger partial charge in [-0.15, -0.1) is 0 Å². The van der Waals surface area contributed by atoms with Crippen molar-refractivity contribution in [3.05, 3.63) is 89.5 Å². The molecule has 0 fully saturated rings. The van der Waals surface area contributed by atoms with E-state index in [1.165, 1.54) is 72.3 Å². The van der Waals surface area contributed by atoms with Crippen LogP contribution in [0.15, 0.2) is 72.8 Å². The van der Waals surface area contributed by atoms with Gasteiger partial charge in [0.2, 0.25) is 0 Å². The van der Waals surface area contributed by atoms with Crippen LogP contribution in [0.2, 0.25) is 0 Å². The van der Waals surface area contributed by atoms with E-state index in [0.717, 1.165) is 39.3 Å². The third-order valence-electron chi connectivity index (χ3n) is 7.74. The van der Waals surface area contributed by atoms with E-state index in [1.54, 1.807) is 0 Å². The Morgan fingerprint density at radius 1 is 0.350 bits per heavy atom. The minimum atomic E-state index is 0.208. The van der Waals surface area contributed by atoms with Gasteiger partial charge in [-0.05, 0) is 91.6 Å². The molecule has 0 heterocycles. The monoisotopic (exact) mass is 541 g/mol. The lowest BCUT2D eigenvalue weighted by atomic mass is 9.85. The second kappa shape index (κ2) is 17.0. The van der Waals surface area contributed by atoms with Crippen molar-refractivity contribution in [2.45, 2.75) is 86.0 Å². The van der Waals surface area contributed by atoms with Gasteiger partial charge in [-0.25, -0.2) is 0 Å². The summed E-state index contributed by atoms with van der Waals surface area (Å²) in [6, 6.07) is 28.2. The Balaban J connectivity index is 2.00. The molecule has 0 atom stereocenters. The second-order valence-electron chi connectivity index (χ2n) is 11.2. The quantitative estimate of drug-likeness (QED) is 0.148. The van der Waals surface area contributed by atoms with Crippen LogP contribution in [0.25, 0.3) is 0 Å². The molecule has 0 aliphatic carbocycles. The molecular formula is C37H55N3. The van der Waals surface area contributed by atoms with Crippen molar-refractivity contribution in [3.63, 3.8) is 0 Å². The van der Waals surface area contributed by atoms with Gasteiger partial charge in [0.1, 0.15) is 0 Å². The topological polar surface area (TPSA) is 9.72 Å². The van der Waals surface area contributed by atoms with Gasteiger partial charge in [0, 0.05) is 62.2 Å². The Morgan fingerprint density at radius 3 is 0.725 bits per heavy atom. The van der Waals surface area contributed by atoms with E-state index < -0.39 is 0 Å². The molecule has 0 N–H and O–H groups in total. The normalized spacial score (nSPS) is 11.2. The number of hydrogen-bond acceptors (Lipinski definition) is 3. The van der Waals surface area contributed by atoms with Gasteiger partial charge in [-0.3, -0.25) is 0 Å². The van der Waals surface area contributed by atoms with E-state index in [2.05, 4.69) is 129 Å². The summed E-state index contributed by atoms with van der Waals surface area (Å²) in [6.07, 6.45) is 7.02. The number of hydrogen-bond donors (Lipinski definition) is 0. The average Bonchev–Trinajstić information content (AvgIpc) is 2.98. The summed E-state index contributed by atoms with van der Waals surface area (Å²) in [6.45, 7) is 20.3. The maximum atomic E-state index is 2.52. The third kappa shape index (κ3) is 8.53. The third-order valence-corrected chi connectivity index (χ3v) is 7.74. The van der Waals surface area contributed by atoms with Gasteiger partial charge < -0.3 is 14.7 Å². The van der Waals surface area contributed by atoms with Crippen molar-refractivity contribution in [1.82, 2.24) is 0 Å². The molecule has 0 saturated carbocycles. The molecule has 0 aliphatic rings. The van der Waals surface area contributed by atoms with Crippen LogP contribution in [0.3, 0.4) is 0 Å². The molecule has 0 aromatic heterocycles. The van der Waals surface area contributed by atoms with Gasteiger partial charge in [0.25, 0.3) is 0 Å². The minimum Gasteiger partial charge on any atom is -0.372 e. The first-order valence-electron chi connectivity index (χ1n) is 16.1. The highest BCUT2D eigenvalue weighted by Gasteiger charge is 2.19. The number of benzene rings is 3. The molecule has 40 heavy (non-hydrogen) atoms. The summed E-state index contributed by atoms with van der Waals surface area (Å²) in [5.41, 5.74) is 8.07. The van der Waals surface area contributed by atoms with Crippen LogP contribution in [0.5, 0.6) is 0 Å². The highest BCUT2D eigenvalue weighted by Crippen LogP contribution is 2.35. The van der Waals surface area contributed by atoms with E-state index in [-0.39, 0.29) is 5.92 Å². The van der Waals surface area contributed by atoms with Gasteiger partial charge in [-0.2, -0.15) is 0 Å². The molecule has 0 bridgehead atoms. The van der Waals surface area contributed by atoms with E-state index >= 15 is 0 Å². The highest BCUT2D eigenvalue weighted by atomic mass is 15.1. The second-order valence-corrected chi connectivity index (χ2v) is 11.2. The Bertz CT molecular complexity index is 912. The number of nitrogens with zero attached hydrogens (tertiary/aromatic N) is 3.